The van der Waals surface area contributed by atoms with Crippen molar-refractivity contribution in [2.75, 3.05) is 48.7 Å². The van der Waals surface area contributed by atoms with Crippen molar-refractivity contribution in [3.05, 3.63) is 52.0 Å². The van der Waals surface area contributed by atoms with Crippen molar-refractivity contribution in [2.45, 2.75) is 6.92 Å². The molecule has 1 aliphatic rings. The Bertz CT molecular complexity index is 804. The molecule has 1 amide bonds. The SMILES string of the molecule is CCN1CCN(c2cc(NC(=O)c3cccc(Cl)c3)c(Cl)cc2N)CC1. The number of anilines is 3. The Morgan fingerprint density at radius 1 is 1.15 bits per heavy atom. The van der Waals surface area contributed by atoms with Gasteiger partial charge in [0.2, 0.25) is 0 Å². The number of nitrogens with two attached hydrogens (primary N) is 1. The maximum absolute atomic E-state index is 12.5. The number of amides is 1. The number of carbonyl (C=O) groups excluding carboxylic acids is 1. The predicted octanol–water partition coefficient (Wildman–Crippen LogP) is 3.97. The van der Waals surface area contributed by atoms with Gasteiger partial charge in [0.1, 0.15) is 0 Å². The number of nitrogens with zero attached hydrogens (tertiary/aromatic N) is 2. The van der Waals surface area contributed by atoms with Crippen LogP contribution in [0.5, 0.6) is 0 Å². The van der Waals surface area contributed by atoms with Crippen LogP contribution in [0.4, 0.5) is 17.1 Å². The van der Waals surface area contributed by atoms with Gasteiger partial charge in [0.15, 0.2) is 0 Å². The molecular formula is C19H22Cl2N4O. The van der Waals surface area contributed by atoms with E-state index < -0.39 is 0 Å². The highest BCUT2D eigenvalue weighted by Gasteiger charge is 2.20. The Labute approximate surface area is 163 Å². The van der Waals surface area contributed by atoms with Crippen LogP contribution in [0.15, 0.2) is 36.4 Å². The maximum Gasteiger partial charge on any atom is 0.255 e. The third kappa shape index (κ3) is 4.23. The molecule has 1 saturated heterocycles. The van der Waals surface area contributed by atoms with Gasteiger partial charge >= 0.3 is 0 Å². The molecule has 3 N–H and O–H groups in total. The fourth-order valence-corrected chi connectivity index (χ4v) is 3.49. The highest BCUT2D eigenvalue weighted by Crippen LogP contribution is 2.34. The lowest BCUT2D eigenvalue weighted by atomic mass is 10.1. The average molecular weight is 393 g/mol. The molecule has 2 aromatic carbocycles. The first kappa shape index (κ1) is 18.8. The van der Waals surface area contributed by atoms with Gasteiger partial charge in [0.25, 0.3) is 5.91 Å². The molecule has 0 bridgehead atoms. The lowest BCUT2D eigenvalue weighted by molar-refractivity contribution is 0.102. The summed E-state index contributed by atoms with van der Waals surface area (Å²) in [5.41, 5.74) is 8.70. The lowest BCUT2D eigenvalue weighted by Crippen LogP contribution is -2.46. The number of hydrogen-bond donors (Lipinski definition) is 2. The minimum atomic E-state index is -0.263. The van der Waals surface area contributed by atoms with E-state index in [0.29, 0.717) is 27.0 Å². The summed E-state index contributed by atoms with van der Waals surface area (Å²) >= 11 is 12.3. The number of nitrogen functional groups attached to an aromatic ring is 1. The Morgan fingerprint density at radius 3 is 2.54 bits per heavy atom. The third-order valence-electron chi connectivity index (χ3n) is 4.61. The molecule has 7 heteroatoms. The molecule has 1 fully saturated rings. The molecule has 5 nitrogen and oxygen atoms in total. The summed E-state index contributed by atoms with van der Waals surface area (Å²) < 4.78 is 0. The number of piperazine rings is 1. The van der Waals surface area contributed by atoms with Gasteiger partial charge < -0.3 is 20.9 Å². The van der Waals surface area contributed by atoms with E-state index in [1.165, 1.54) is 0 Å². The molecular weight excluding hydrogens is 371 g/mol. The van der Waals surface area contributed by atoms with Gasteiger partial charge in [0, 0.05) is 36.8 Å². The average Bonchev–Trinajstić information content (AvgIpc) is 2.64. The minimum Gasteiger partial charge on any atom is -0.397 e. The van der Waals surface area contributed by atoms with Gasteiger partial charge in [0.05, 0.1) is 22.1 Å². The first-order chi connectivity index (χ1) is 12.5. The van der Waals surface area contributed by atoms with Crippen molar-refractivity contribution in [3.63, 3.8) is 0 Å². The van der Waals surface area contributed by atoms with Crippen molar-refractivity contribution in [3.8, 4) is 0 Å². The number of carbonyl (C=O) groups is 1. The van der Waals surface area contributed by atoms with Crippen LogP contribution >= 0.6 is 23.2 Å². The molecule has 26 heavy (non-hydrogen) atoms. The second-order valence-electron chi connectivity index (χ2n) is 6.28. The highest BCUT2D eigenvalue weighted by molar-refractivity contribution is 6.34. The van der Waals surface area contributed by atoms with Crippen molar-refractivity contribution in [1.29, 1.82) is 0 Å². The number of likely N-dealkylation sites (N-methyl/N-ethyl adjacent to an activating group) is 1. The monoisotopic (exact) mass is 392 g/mol. The maximum atomic E-state index is 12.5. The summed E-state index contributed by atoms with van der Waals surface area (Å²) in [7, 11) is 0. The molecule has 0 radical (unpaired) electrons. The number of halogens is 2. The predicted molar refractivity (Wildman–Crippen MR) is 110 cm³/mol. The van der Waals surface area contributed by atoms with Crippen LogP contribution < -0.4 is 16.0 Å². The van der Waals surface area contributed by atoms with E-state index in [-0.39, 0.29) is 5.91 Å². The van der Waals surface area contributed by atoms with Crippen LogP contribution in [0.1, 0.15) is 17.3 Å². The van der Waals surface area contributed by atoms with Crippen LogP contribution in [-0.2, 0) is 0 Å². The normalized spacial score (nSPS) is 15.1. The van der Waals surface area contributed by atoms with E-state index in [1.807, 2.05) is 6.07 Å². The van der Waals surface area contributed by atoms with Crippen LogP contribution in [-0.4, -0.2) is 43.5 Å². The molecule has 0 saturated carbocycles. The topological polar surface area (TPSA) is 61.6 Å². The van der Waals surface area contributed by atoms with Crippen LogP contribution in [0.2, 0.25) is 10.0 Å². The first-order valence-electron chi connectivity index (χ1n) is 8.61. The van der Waals surface area contributed by atoms with E-state index in [0.717, 1.165) is 38.4 Å². The zero-order valence-electron chi connectivity index (χ0n) is 14.6. The molecule has 0 atom stereocenters. The zero-order chi connectivity index (χ0) is 18.7. The van der Waals surface area contributed by atoms with Crippen LogP contribution in [0, 0.1) is 0 Å². The van der Waals surface area contributed by atoms with E-state index in [1.54, 1.807) is 30.3 Å². The highest BCUT2D eigenvalue weighted by atomic mass is 35.5. The molecule has 0 aliphatic carbocycles. The van der Waals surface area contributed by atoms with E-state index in [4.69, 9.17) is 28.9 Å². The fraction of sp³-hybridized carbons (Fsp3) is 0.316. The number of nitrogens with one attached hydrogen (secondary N) is 1. The Kier molecular flexibility index (Phi) is 5.91. The Hall–Kier alpha value is -1.95. The molecule has 2 aromatic rings. The summed E-state index contributed by atoms with van der Waals surface area (Å²) in [5.74, 6) is -0.263. The molecule has 138 valence electrons. The van der Waals surface area contributed by atoms with Gasteiger partial charge in [-0.3, -0.25) is 4.79 Å². The summed E-state index contributed by atoms with van der Waals surface area (Å²) in [6, 6.07) is 10.3. The van der Waals surface area contributed by atoms with Crippen LogP contribution in [0.3, 0.4) is 0 Å². The van der Waals surface area contributed by atoms with Crippen LogP contribution in [0.25, 0.3) is 0 Å². The van der Waals surface area contributed by atoms with Crippen molar-refractivity contribution < 1.29 is 4.79 Å². The molecule has 0 spiro atoms. The van der Waals surface area contributed by atoms with Crippen molar-refractivity contribution in [1.82, 2.24) is 4.90 Å². The Morgan fingerprint density at radius 2 is 1.88 bits per heavy atom. The van der Waals surface area contributed by atoms with Gasteiger partial charge in [-0.1, -0.05) is 36.2 Å². The van der Waals surface area contributed by atoms with Gasteiger partial charge in [-0.15, -0.1) is 0 Å². The second-order valence-corrected chi connectivity index (χ2v) is 7.12. The summed E-state index contributed by atoms with van der Waals surface area (Å²) in [6.45, 7) is 6.97. The standard InChI is InChI=1S/C19H22Cl2N4O/c1-2-24-6-8-25(9-7-24)18-12-17(15(21)11-16(18)22)23-19(26)13-4-3-5-14(20)10-13/h3-5,10-12H,2,6-9,22H2,1H3,(H,23,26). The largest absolute Gasteiger partial charge is 0.397 e. The fourth-order valence-electron chi connectivity index (χ4n) is 3.08. The lowest BCUT2D eigenvalue weighted by Gasteiger charge is -2.36. The van der Waals surface area contributed by atoms with Gasteiger partial charge in [-0.25, -0.2) is 0 Å². The molecule has 3 rings (SSSR count). The van der Waals surface area contributed by atoms with E-state index >= 15 is 0 Å². The summed E-state index contributed by atoms with van der Waals surface area (Å²) in [6.07, 6.45) is 0. The first-order valence-corrected chi connectivity index (χ1v) is 9.36. The van der Waals surface area contributed by atoms with Gasteiger partial charge in [-0.05, 0) is 36.9 Å². The number of benzene rings is 2. The quantitative estimate of drug-likeness (QED) is 0.772. The smallest absolute Gasteiger partial charge is 0.255 e. The molecule has 1 heterocycles. The Balaban J connectivity index is 1.81. The number of rotatable bonds is 4. The molecule has 0 aromatic heterocycles. The second kappa shape index (κ2) is 8.16. The van der Waals surface area contributed by atoms with E-state index in [9.17, 15) is 4.79 Å². The van der Waals surface area contributed by atoms with Crippen molar-refractivity contribution >= 4 is 46.2 Å². The third-order valence-corrected chi connectivity index (χ3v) is 5.16. The molecule has 0 unspecified atom stereocenters. The van der Waals surface area contributed by atoms with Crippen molar-refractivity contribution in [2.24, 2.45) is 0 Å². The summed E-state index contributed by atoms with van der Waals surface area (Å²) in [5, 5.41) is 3.78. The van der Waals surface area contributed by atoms with E-state index in [2.05, 4.69) is 22.0 Å². The minimum absolute atomic E-state index is 0.263. The molecule has 1 aliphatic heterocycles. The summed E-state index contributed by atoms with van der Waals surface area (Å²) in [4.78, 5) is 17.1. The van der Waals surface area contributed by atoms with Gasteiger partial charge in [-0.2, -0.15) is 0 Å². The zero-order valence-corrected chi connectivity index (χ0v) is 16.1. The number of hydrogen-bond acceptors (Lipinski definition) is 4.